The fourth-order valence-corrected chi connectivity index (χ4v) is 5.52. The predicted octanol–water partition coefficient (Wildman–Crippen LogP) is 5.86. The molecule has 2 aromatic carbocycles. The molecule has 5 rings (SSSR count). The van der Waals surface area contributed by atoms with Crippen LogP contribution in [0.2, 0.25) is 5.28 Å². The SMILES string of the molecule is Cc1cccc(N2CCN(c3nc(Cl)nc4scc(-c5cccc([N+](=O)[O-])c5)c34)CC2)c1C. The van der Waals surface area contributed by atoms with Crippen LogP contribution in [0.15, 0.2) is 47.8 Å². The Kier molecular flexibility index (Phi) is 5.64. The summed E-state index contributed by atoms with van der Waals surface area (Å²) < 4.78 is 0. The van der Waals surface area contributed by atoms with Crippen molar-refractivity contribution in [2.24, 2.45) is 0 Å². The van der Waals surface area contributed by atoms with E-state index >= 15 is 0 Å². The van der Waals surface area contributed by atoms with Gasteiger partial charge in [0.25, 0.3) is 5.69 Å². The number of non-ortho nitro benzene ring substituents is 1. The smallest absolute Gasteiger partial charge is 0.270 e. The third-order valence-electron chi connectivity index (χ3n) is 6.25. The van der Waals surface area contributed by atoms with E-state index in [4.69, 9.17) is 11.6 Å². The Morgan fingerprint density at radius 1 is 1.03 bits per heavy atom. The molecule has 3 heterocycles. The largest absolute Gasteiger partial charge is 0.368 e. The average molecular weight is 480 g/mol. The van der Waals surface area contributed by atoms with E-state index in [-0.39, 0.29) is 15.9 Å². The summed E-state index contributed by atoms with van der Waals surface area (Å²) in [5.41, 5.74) is 5.60. The lowest BCUT2D eigenvalue weighted by atomic mass is 10.0. The number of nitro groups is 1. The van der Waals surface area contributed by atoms with Crippen LogP contribution in [0.3, 0.4) is 0 Å². The summed E-state index contributed by atoms with van der Waals surface area (Å²) in [7, 11) is 0. The Morgan fingerprint density at radius 2 is 1.76 bits per heavy atom. The van der Waals surface area contributed by atoms with E-state index in [9.17, 15) is 10.1 Å². The van der Waals surface area contributed by atoms with E-state index in [2.05, 4.69) is 51.8 Å². The molecule has 7 nitrogen and oxygen atoms in total. The van der Waals surface area contributed by atoms with Crippen LogP contribution in [0.1, 0.15) is 11.1 Å². The number of thiophene rings is 1. The van der Waals surface area contributed by atoms with Crippen molar-refractivity contribution in [2.75, 3.05) is 36.0 Å². The van der Waals surface area contributed by atoms with Gasteiger partial charge in [0.15, 0.2) is 0 Å². The Hall–Kier alpha value is -3.23. The molecule has 0 aliphatic carbocycles. The molecule has 1 fully saturated rings. The van der Waals surface area contributed by atoms with Gasteiger partial charge in [-0.1, -0.05) is 24.3 Å². The monoisotopic (exact) mass is 479 g/mol. The quantitative estimate of drug-likeness (QED) is 0.207. The summed E-state index contributed by atoms with van der Waals surface area (Å²) in [6, 6.07) is 13.1. The summed E-state index contributed by atoms with van der Waals surface area (Å²) in [6.07, 6.45) is 0. The molecule has 0 N–H and O–H groups in total. The summed E-state index contributed by atoms with van der Waals surface area (Å²) >= 11 is 7.76. The number of anilines is 2. The fourth-order valence-electron chi connectivity index (χ4n) is 4.36. The highest BCUT2D eigenvalue weighted by Gasteiger charge is 2.24. The average Bonchev–Trinajstić information content (AvgIpc) is 3.24. The number of benzene rings is 2. The second-order valence-corrected chi connectivity index (χ2v) is 9.34. The van der Waals surface area contributed by atoms with Crippen molar-refractivity contribution in [3.63, 3.8) is 0 Å². The van der Waals surface area contributed by atoms with Gasteiger partial charge in [0, 0.05) is 54.9 Å². The number of aryl methyl sites for hydroxylation is 1. The van der Waals surface area contributed by atoms with E-state index in [1.807, 2.05) is 11.4 Å². The minimum absolute atomic E-state index is 0.0606. The molecule has 4 aromatic rings. The number of piperazine rings is 1. The van der Waals surface area contributed by atoms with Crippen LogP contribution < -0.4 is 9.80 Å². The number of nitro benzene ring substituents is 1. The first-order valence-corrected chi connectivity index (χ1v) is 11.9. The second-order valence-electron chi connectivity index (χ2n) is 8.15. The maximum absolute atomic E-state index is 11.3. The van der Waals surface area contributed by atoms with Gasteiger partial charge in [0.2, 0.25) is 5.28 Å². The lowest BCUT2D eigenvalue weighted by molar-refractivity contribution is -0.384. The van der Waals surface area contributed by atoms with Crippen molar-refractivity contribution in [3.8, 4) is 11.1 Å². The van der Waals surface area contributed by atoms with Crippen LogP contribution in [0.5, 0.6) is 0 Å². The summed E-state index contributed by atoms with van der Waals surface area (Å²) in [5.74, 6) is 0.786. The van der Waals surface area contributed by atoms with E-state index in [0.717, 1.165) is 53.3 Å². The molecule has 33 heavy (non-hydrogen) atoms. The molecule has 168 valence electrons. The zero-order valence-electron chi connectivity index (χ0n) is 18.3. The molecule has 0 saturated carbocycles. The van der Waals surface area contributed by atoms with Gasteiger partial charge in [0.05, 0.1) is 10.3 Å². The number of nitrogens with zero attached hydrogens (tertiary/aromatic N) is 5. The highest BCUT2D eigenvalue weighted by molar-refractivity contribution is 7.17. The van der Waals surface area contributed by atoms with Crippen LogP contribution in [0.4, 0.5) is 17.2 Å². The third-order valence-corrected chi connectivity index (χ3v) is 7.29. The maximum atomic E-state index is 11.3. The molecule has 9 heteroatoms. The van der Waals surface area contributed by atoms with Gasteiger partial charge in [-0.2, -0.15) is 4.98 Å². The Balaban J connectivity index is 1.50. The minimum Gasteiger partial charge on any atom is -0.368 e. The van der Waals surface area contributed by atoms with Crippen molar-refractivity contribution in [1.82, 2.24) is 9.97 Å². The normalized spacial score (nSPS) is 14.2. The van der Waals surface area contributed by atoms with Gasteiger partial charge >= 0.3 is 0 Å². The first-order valence-electron chi connectivity index (χ1n) is 10.7. The van der Waals surface area contributed by atoms with Gasteiger partial charge in [0.1, 0.15) is 10.6 Å². The van der Waals surface area contributed by atoms with Gasteiger partial charge in [-0.15, -0.1) is 11.3 Å². The molecule has 1 saturated heterocycles. The Bertz CT molecular complexity index is 1360. The zero-order valence-corrected chi connectivity index (χ0v) is 19.9. The van der Waals surface area contributed by atoms with Crippen LogP contribution in [-0.4, -0.2) is 41.1 Å². The van der Waals surface area contributed by atoms with Crippen molar-refractivity contribution in [3.05, 3.63) is 74.4 Å². The molecule has 0 bridgehead atoms. The standard InChI is InChI=1S/C24H22ClN5O2S/c1-15-5-3-8-20(16(15)2)28-9-11-29(12-10-28)22-21-19(14-33-23(21)27-24(25)26-22)17-6-4-7-18(13-17)30(31)32/h3-8,13-14H,9-12H2,1-2H3. The number of hydrogen-bond donors (Lipinski definition) is 0. The molecule has 0 amide bonds. The molecule has 2 aromatic heterocycles. The number of halogens is 1. The van der Waals surface area contributed by atoms with E-state index < -0.39 is 0 Å². The minimum atomic E-state index is -0.376. The van der Waals surface area contributed by atoms with Crippen LogP contribution in [0, 0.1) is 24.0 Å². The van der Waals surface area contributed by atoms with Gasteiger partial charge in [-0.25, -0.2) is 4.98 Å². The molecule has 1 aliphatic heterocycles. The lowest BCUT2D eigenvalue weighted by Crippen LogP contribution is -2.47. The molecule has 0 spiro atoms. The molecular weight excluding hydrogens is 458 g/mol. The first kappa shape index (κ1) is 21.6. The van der Waals surface area contributed by atoms with Crippen molar-refractivity contribution in [2.45, 2.75) is 13.8 Å². The van der Waals surface area contributed by atoms with Gasteiger partial charge in [-0.05, 0) is 48.2 Å². The summed E-state index contributed by atoms with van der Waals surface area (Å²) in [4.78, 5) is 25.4. The highest BCUT2D eigenvalue weighted by Crippen LogP contribution is 2.40. The number of hydrogen-bond acceptors (Lipinski definition) is 7. The molecule has 0 atom stereocenters. The summed E-state index contributed by atoms with van der Waals surface area (Å²) in [5, 5.41) is 14.4. The van der Waals surface area contributed by atoms with Crippen LogP contribution >= 0.6 is 22.9 Å². The number of rotatable bonds is 4. The van der Waals surface area contributed by atoms with E-state index in [1.54, 1.807) is 12.1 Å². The van der Waals surface area contributed by atoms with Crippen LogP contribution in [-0.2, 0) is 0 Å². The third kappa shape index (κ3) is 4.00. The highest BCUT2D eigenvalue weighted by atomic mass is 35.5. The van der Waals surface area contributed by atoms with Gasteiger partial charge < -0.3 is 9.80 Å². The zero-order chi connectivity index (χ0) is 23.1. The summed E-state index contributed by atoms with van der Waals surface area (Å²) in [6.45, 7) is 7.62. The molecule has 0 unspecified atom stereocenters. The molecule has 0 radical (unpaired) electrons. The molecule has 1 aliphatic rings. The predicted molar refractivity (Wildman–Crippen MR) is 135 cm³/mol. The van der Waals surface area contributed by atoms with E-state index in [1.165, 1.54) is 34.2 Å². The van der Waals surface area contributed by atoms with Crippen molar-refractivity contribution >= 4 is 50.3 Å². The molecular formula is C24H22ClN5O2S. The van der Waals surface area contributed by atoms with Crippen molar-refractivity contribution < 1.29 is 4.92 Å². The number of fused-ring (bicyclic) bond motifs is 1. The second kappa shape index (κ2) is 8.61. The first-order chi connectivity index (χ1) is 15.9. The van der Waals surface area contributed by atoms with E-state index in [0.29, 0.717) is 0 Å². The van der Waals surface area contributed by atoms with Gasteiger partial charge in [-0.3, -0.25) is 10.1 Å². The lowest BCUT2D eigenvalue weighted by Gasteiger charge is -2.38. The Labute approximate surface area is 200 Å². The van der Waals surface area contributed by atoms with Crippen LogP contribution in [0.25, 0.3) is 21.3 Å². The maximum Gasteiger partial charge on any atom is 0.270 e. The fraction of sp³-hybridized carbons (Fsp3) is 0.250. The van der Waals surface area contributed by atoms with Crippen molar-refractivity contribution in [1.29, 1.82) is 0 Å². The topological polar surface area (TPSA) is 75.4 Å². The number of aromatic nitrogens is 2. The Morgan fingerprint density at radius 3 is 2.52 bits per heavy atom.